The Kier molecular flexibility index (Phi) is 3.15. The number of ether oxygens (including phenoxy) is 1. The Hall–Kier alpha value is -1.76. The van der Waals surface area contributed by atoms with E-state index in [9.17, 15) is 9.18 Å². The first kappa shape index (κ1) is 11.3. The summed E-state index contributed by atoms with van der Waals surface area (Å²) in [5, 5.41) is 0. The predicted molar refractivity (Wildman–Crippen MR) is 53.5 cm³/mol. The van der Waals surface area contributed by atoms with Gasteiger partial charge < -0.3 is 9.72 Å². The van der Waals surface area contributed by atoms with Crippen molar-refractivity contribution < 1.29 is 13.9 Å². The lowest BCUT2D eigenvalue weighted by Gasteiger charge is -2.16. The molecule has 1 N–H and O–H groups in total. The molecule has 1 aromatic rings. The highest BCUT2D eigenvalue weighted by molar-refractivity contribution is 5.89. The first-order valence-electron chi connectivity index (χ1n) is 4.46. The quantitative estimate of drug-likeness (QED) is 0.523. The maximum absolute atomic E-state index is 12.5. The molecule has 0 atom stereocenters. The monoisotopic (exact) mass is 209 g/mol. The average Bonchev–Trinajstić information content (AvgIpc) is 2.45. The van der Waals surface area contributed by atoms with Gasteiger partial charge in [0.15, 0.2) is 0 Å². The number of aromatic amines is 1. The summed E-state index contributed by atoms with van der Waals surface area (Å²) in [5.41, 5.74) is -0.217. The first-order chi connectivity index (χ1) is 6.87. The molecule has 0 aliphatic heterocycles. The van der Waals surface area contributed by atoms with E-state index in [1.807, 2.05) is 0 Å². The third-order valence-electron chi connectivity index (χ3n) is 1.35. The lowest BCUT2D eigenvalue weighted by molar-refractivity contribution is -0.147. The Bertz CT molecular complexity index is 418. The van der Waals surface area contributed by atoms with E-state index in [0.29, 0.717) is 5.69 Å². The fourth-order valence-corrected chi connectivity index (χ4v) is 0.862. The molecule has 0 unspecified atom stereocenters. The molecule has 0 fully saturated rings. The molecule has 0 bridgehead atoms. The van der Waals surface area contributed by atoms with Gasteiger partial charge in [-0.15, -0.1) is 0 Å². The summed E-state index contributed by atoms with van der Waals surface area (Å²) in [4.78, 5) is 13.7. The number of rotatable bonds is 0. The fraction of sp³-hybridized carbons (Fsp3) is 0.364. The van der Waals surface area contributed by atoms with Crippen molar-refractivity contribution in [3.05, 3.63) is 23.8 Å². The van der Waals surface area contributed by atoms with Gasteiger partial charge in [0, 0.05) is 18.2 Å². The van der Waals surface area contributed by atoms with Crippen molar-refractivity contribution in [3.8, 4) is 11.8 Å². The van der Waals surface area contributed by atoms with Gasteiger partial charge in [-0.3, -0.25) is 0 Å². The van der Waals surface area contributed by atoms with Crippen molar-refractivity contribution in [2.75, 3.05) is 0 Å². The maximum Gasteiger partial charge on any atom is 0.385 e. The van der Waals surface area contributed by atoms with Crippen LogP contribution in [0.15, 0.2) is 12.3 Å². The second kappa shape index (κ2) is 4.18. The molecule has 80 valence electrons. The zero-order valence-corrected chi connectivity index (χ0v) is 8.85. The Morgan fingerprint density at radius 1 is 1.53 bits per heavy atom. The van der Waals surface area contributed by atoms with Crippen LogP contribution < -0.4 is 0 Å². The van der Waals surface area contributed by atoms with Crippen LogP contribution in [0.4, 0.5) is 4.39 Å². The van der Waals surface area contributed by atoms with Gasteiger partial charge in [0.05, 0.1) is 5.69 Å². The van der Waals surface area contributed by atoms with Crippen LogP contribution in [0, 0.1) is 17.7 Å². The van der Waals surface area contributed by atoms with E-state index in [2.05, 4.69) is 16.8 Å². The van der Waals surface area contributed by atoms with Crippen molar-refractivity contribution in [2.24, 2.45) is 0 Å². The van der Waals surface area contributed by atoms with Crippen LogP contribution in [0.1, 0.15) is 26.5 Å². The average molecular weight is 209 g/mol. The highest BCUT2D eigenvalue weighted by atomic mass is 19.1. The molecule has 1 rings (SSSR count). The van der Waals surface area contributed by atoms with Crippen LogP contribution in [0.5, 0.6) is 0 Å². The fourth-order valence-electron chi connectivity index (χ4n) is 0.862. The molecule has 1 heterocycles. The molecule has 0 amide bonds. The smallest absolute Gasteiger partial charge is 0.385 e. The number of carbonyl (C=O) groups is 1. The van der Waals surface area contributed by atoms with Crippen molar-refractivity contribution in [2.45, 2.75) is 26.4 Å². The van der Waals surface area contributed by atoms with Gasteiger partial charge in [-0.25, -0.2) is 9.18 Å². The minimum Gasteiger partial charge on any atom is -0.450 e. The number of halogens is 1. The number of hydrogen-bond acceptors (Lipinski definition) is 2. The molecular weight excluding hydrogens is 197 g/mol. The largest absolute Gasteiger partial charge is 0.450 e. The second-order valence-electron chi connectivity index (χ2n) is 3.98. The molecule has 0 aromatic carbocycles. The van der Waals surface area contributed by atoms with E-state index in [1.165, 1.54) is 12.3 Å². The van der Waals surface area contributed by atoms with E-state index >= 15 is 0 Å². The Labute approximate surface area is 87.6 Å². The zero-order valence-electron chi connectivity index (χ0n) is 8.85. The Morgan fingerprint density at radius 3 is 2.67 bits per heavy atom. The topological polar surface area (TPSA) is 42.1 Å². The molecule has 0 spiro atoms. The predicted octanol–water partition coefficient (Wildman–Crippen LogP) is 1.85. The number of H-pyrrole nitrogens is 1. The van der Waals surface area contributed by atoms with E-state index in [1.54, 1.807) is 20.8 Å². The number of hydrogen-bond donors (Lipinski definition) is 1. The highest BCUT2D eigenvalue weighted by Gasteiger charge is 2.14. The zero-order chi connectivity index (χ0) is 11.5. The third-order valence-corrected chi connectivity index (χ3v) is 1.35. The van der Waals surface area contributed by atoms with Gasteiger partial charge in [0.1, 0.15) is 11.4 Å². The van der Waals surface area contributed by atoms with E-state index in [-0.39, 0.29) is 0 Å². The van der Waals surface area contributed by atoms with Gasteiger partial charge in [-0.05, 0) is 26.7 Å². The summed E-state index contributed by atoms with van der Waals surface area (Å²) in [6, 6.07) is 1.21. The summed E-state index contributed by atoms with van der Waals surface area (Å²) in [6.07, 6.45) is 1.17. The van der Waals surface area contributed by atoms with Crippen LogP contribution in [0.2, 0.25) is 0 Å². The molecule has 15 heavy (non-hydrogen) atoms. The number of esters is 1. The SMILES string of the molecule is CC(C)(C)OC(=O)C#Cc1cc(F)c[nH]1. The minimum atomic E-state index is -0.627. The molecule has 0 radical (unpaired) electrons. The van der Waals surface area contributed by atoms with E-state index in [4.69, 9.17) is 4.74 Å². The van der Waals surface area contributed by atoms with Gasteiger partial charge in [0.25, 0.3) is 0 Å². The van der Waals surface area contributed by atoms with Crippen LogP contribution in [0.3, 0.4) is 0 Å². The number of aromatic nitrogens is 1. The summed E-state index contributed by atoms with van der Waals surface area (Å²) >= 11 is 0. The van der Waals surface area contributed by atoms with Crippen molar-refractivity contribution in [1.29, 1.82) is 0 Å². The van der Waals surface area contributed by atoms with E-state index < -0.39 is 17.4 Å². The summed E-state index contributed by atoms with van der Waals surface area (Å²) in [5.74, 6) is 3.69. The normalized spacial score (nSPS) is 10.4. The van der Waals surface area contributed by atoms with Crippen molar-refractivity contribution >= 4 is 5.97 Å². The summed E-state index contributed by atoms with van der Waals surface area (Å²) < 4.78 is 17.5. The maximum atomic E-state index is 12.5. The van der Waals surface area contributed by atoms with Crippen LogP contribution in [-0.2, 0) is 9.53 Å². The van der Waals surface area contributed by atoms with Crippen molar-refractivity contribution in [1.82, 2.24) is 4.98 Å². The third kappa shape index (κ3) is 4.32. The molecular formula is C11H12FNO2. The highest BCUT2D eigenvalue weighted by Crippen LogP contribution is 2.06. The second-order valence-corrected chi connectivity index (χ2v) is 3.98. The lowest BCUT2D eigenvalue weighted by atomic mass is 10.2. The van der Waals surface area contributed by atoms with Crippen molar-refractivity contribution in [3.63, 3.8) is 0 Å². The van der Waals surface area contributed by atoms with Crippen LogP contribution in [-0.4, -0.2) is 16.6 Å². The minimum absolute atomic E-state index is 0.346. The Balaban J connectivity index is 2.63. The van der Waals surface area contributed by atoms with Gasteiger partial charge >= 0.3 is 5.97 Å². The molecule has 0 saturated heterocycles. The lowest BCUT2D eigenvalue weighted by Crippen LogP contribution is -2.22. The molecule has 1 aromatic heterocycles. The van der Waals surface area contributed by atoms with Gasteiger partial charge in [-0.2, -0.15) is 0 Å². The Morgan fingerprint density at radius 2 is 2.20 bits per heavy atom. The summed E-state index contributed by atoms with van der Waals surface area (Å²) in [7, 11) is 0. The van der Waals surface area contributed by atoms with Gasteiger partial charge in [-0.1, -0.05) is 0 Å². The van der Waals surface area contributed by atoms with Gasteiger partial charge in [0.2, 0.25) is 0 Å². The summed E-state index contributed by atoms with van der Waals surface area (Å²) in [6.45, 7) is 5.25. The number of carbonyl (C=O) groups excluding carboxylic acids is 1. The van der Waals surface area contributed by atoms with Crippen LogP contribution in [0.25, 0.3) is 0 Å². The molecule has 3 nitrogen and oxygen atoms in total. The molecule has 4 heteroatoms. The first-order valence-corrected chi connectivity index (χ1v) is 4.46. The molecule has 0 aliphatic carbocycles. The van der Waals surface area contributed by atoms with E-state index in [0.717, 1.165) is 0 Å². The van der Waals surface area contributed by atoms with Crippen LogP contribution >= 0.6 is 0 Å². The number of nitrogens with one attached hydrogen (secondary N) is 1. The molecule has 0 aliphatic rings. The standard InChI is InChI=1S/C11H12FNO2/c1-11(2,3)15-10(14)5-4-9-6-8(12)7-13-9/h6-7,13H,1-3H3. The molecule has 0 saturated carbocycles.